The van der Waals surface area contributed by atoms with Crippen LogP contribution in [0.2, 0.25) is 5.02 Å². The van der Waals surface area contributed by atoms with E-state index in [9.17, 15) is 18.0 Å². The van der Waals surface area contributed by atoms with Gasteiger partial charge in [0.2, 0.25) is 5.91 Å². The van der Waals surface area contributed by atoms with E-state index in [0.717, 1.165) is 0 Å². The fourth-order valence-corrected chi connectivity index (χ4v) is 4.23. The zero-order valence-electron chi connectivity index (χ0n) is 12.3. The van der Waals surface area contributed by atoms with Crippen molar-refractivity contribution in [3.63, 3.8) is 0 Å². The van der Waals surface area contributed by atoms with E-state index in [1.807, 2.05) is 0 Å². The molecule has 23 heavy (non-hydrogen) atoms. The van der Waals surface area contributed by atoms with Gasteiger partial charge in [-0.1, -0.05) is 11.6 Å². The second-order valence-corrected chi connectivity index (χ2v) is 6.86. The lowest BCUT2D eigenvalue weighted by Gasteiger charge is -2.45. The van der Waals surface area contributed by atoms with E-state index < -0.39 is 24.0 Å². The molecule has 3 heterocycles. The van der Waals surface area contributed by atoms with E-state index in [4.69, 9.17) is 17.3 Å². The second kappa shape index (κ2) is 5.63. The molecule has 8 heteroatoms. The van der Waals surface area contributed by atoms with Crippen LogP contribution < -0.4 is 5.73 Å². The van der Waals surface area contributed by atoms with Gasteiger partial charge in [-0.2, -0.15) is 13.2 Å². The van der Waals surface area contributed by atoms with Crippen molar-refractivity contribution in [1.29, 1.82) is 0 Å². The van der Waals surface area contributed by atoms with Crippen LogP contribution in [-0.2, 0) is 10.2 Å². The van der Waals surface area contributed by atoms with Crippen molar-refractivity contribution in [2.24, 2.45) is 5.73 Å². The fourth-order valence-electron chi connectivity index (χ4n) is 4.06. The summed E-state index contributed by atoms with van der Waals surface area (Å²) in [5.74, 6) is -0.523. The number of amides is 1. The van der Waals surface area contributed by atoms with Crippen LogP contribution in [0.1, 0.15) is 31.2 Å². The third-order valence-electron chi connectivity index (χ3n) is 5.03. The van der Waals surface area contributed by atoms with Crippen LogP contribution in [0.4, 0.5) is 13.2 Å². The maximum Gasteiger partial charge on any atom is 0.401 e. The quantitative estimate of drug-likeness (QED) is 0.914. The lowest BCUT2D eigenvalue weighted by molar-refractivity contribution is -0.158. The van der Waals surface area contributed by atoms with Gasteiger partial charge >= 0.3 is 6.18 Å². The van der Waals surface area contributed by atoms with Crippen LogP contribution in [0.25, 0.3) is 0 Å². The number of nitrogens with two attached hydrogens (primary N) is 1. The van der Waals surface area contributed by atoms with Crippen molar-refractivity contribution in [3.8, 4) is 0 Å². The van der Waals surface area contributed by atoms with Gasteiger partial charge in [0, 0.05) is 24.5 Å². The highest BCUT2D eigenvalue weighted by atomic mass is 35.5. The number of nitrogens with zero attached hydrogens (tertiary/aromatic N) is 2. The Morgan fingerprint density at radius 2 is 1.96 bits per heavy atom. The summed E-state index contributed by atoms with van der Waals surface area (Å²) >= 11 is 5.96. The van der Waals surface area contributed by atoms with Gasteiger partial charge in [-0.3, -0.25) is 14.7 Å². The number of piperidine rings is 1. The Bertz CT molecular complexity index is 608. The lowest BCUT2D eigenvalue weighted by Crippen LogP contribution is -2.56. The number of carbonyl (C=O) groups excluding carboxylic acids is 1. The number of hydrogen-bond acceptors (Lipinski definition) is 3. The highest BCUT2D eigenvalue weighted by Crippen LogP contribution is 2.48. The summed E-state index contributed by atoms with van der Waals surface area (Å²) in [5.41, 5.74) is 5.26. The van der Waals surface area contributed by atoms with Gasteiger partial charge in [0.15, 0.2) is 0 Å². The first-order chi connectivity index (χ1) is 10.7. The lowest BCUT2D eigenvalue weighted by atomic mass is 9.70. The van der Waals surface area contributed by atoms with Gasteiger partial charge in [0.1, 0.15) is 0 Å². The SMILES string of the molecule is NC(=O)C1(c2cncc(Cl)c2)CC2CCC(C1)N2CC(F)(F)F. The Balaban J connectivity index is 1.93. The number of halogens is 4. The van der Waals surface area contributed by atoms with Gasteiger partial charge in [-0.25, -0.2) is 0 Å². The van der Waals surface area contributed by atoms with Gasteiger partial charge < -0.3 is 5.73 Å². The number of primary amides is 1. The number of hydrogen-bond donors (Lipinski definition) is 1. The molecule has 2 aliphatic rings. The highest BCUT2D eigenvalue weighted by molar-refractivity contribution is 6.30. The highest BCUT2D eigenvalue weighted by Gasteiger charge is 2.54. The van der Waals surface area contributed by atoms with E-state index in [2.05, 4.69) is 4.98 Å². The molecule has 1 aromatic heterocycles. The van der Waals surface area contributed by atoms with Crippen LogP contribution in [0.5, 0.6) is 0 Å². The predicted octanol–water partition coefficient (Wildman–Crippen LogP) is 2.65. The summed E-state index contributed by atoms with van der Waals surface area (Å²) in [4.78, 5) is 17.7. The number of carbonyl (C=O) groups is 1. The zero-order valence-corrected chi connectivity index (χ0v) is 13.1. The minimum absolute atomic E-state index is 0.275. The number of rotatable bonds is 3. The van der Waals surface area contributed by atoms with Crippen LogP contribution in [0, 0.1) is 0 Å². The van der Waals surface area contributed by atoms with Crippen molar-refractivity contribution in [2.45, 2.75) is 49.4 Å². The van der Waals surface area contributed by atoms with Crippen LogP contribution in [0.15, 0.2) is 18.5 Å². The van der Waals surface area contributed by atoms with Gasteiger partial charge in [-0.05, 0) is 37.3 Å². The summed E-state index contributed by atoms with van der Waals surface area (Å²) < 4.78 is 38.3. The smallest absolute Gasteiger partial charge is 0.369 e. The molecule has 2 unspecified atom stereocenters. The van der Waals surface area contributed by atoms with Crippen LogP contribution in [0.3, 0.4) is 0 Å². The van der Waals surface area contributed by atoms with Crippen molar-refractivity contribution in [3.05, 3.63) is 29.0 Å². The largest absolute Gasteiger partial charge is 0.401 e. The molecule has 2 saturated heterocycles. The fraction of sp³-hybridized carbons (Fsp3) is 0.600. The Kier molecular flexibility index (Phi) is 4.04. The minimum Gasteiger partial charge on any atom is -0.369 e. The molecule has 1 amide bonds. The van der Waals surface area contributed by atoms with E-state index >= 15 is 0 Å². The molecule has 2 atom stereocenters. The summed E-state index contributed by atoms with van der Waals surface area (Å²) in [6.45, 7) is -0.940. The normalized spacial score (nSPS) is 31.3. The number of alkyl halides is 3. The molecule has 2 bridgehead atoms. The Morgan fingerprint density at radius 1 is 1.35 bits per heavy atom. The molecule has 4 nitrogen and oxygen atoms in total. The van der Waals surface area contributed by atoms with Crippen molar-refractivity contribution in [2.75, 3.05) is 6.54 Å². The van der Waals surface area contributed by atoms with Crippen LogP contribution in [-0.4, -0.2) is 40.6 Å². The molecule has 2 fully saturated rings. The first kappa shape index (κ1) is 16.5. The van der Waals surface area contributed by atoms with Gasteiger partial charge in [-0.15, -0.1) is 0 Å². The minimum atomic E-state index is -4.24. The van der Waals surface area contributed by atoms with E-state index in [0.29, 0.717) is 23.4 Å². The molecular weight excluding hydrogens is 331 g/mol. The topological polar surface area (TPSA) is 59.2 Å². The molecule has 0 aliphatic carbocycles. The molecular formula is C15H17ClF3N3O. The number of fused-ring (bicyclic) bond motifs is 2. The molecule has 0 radical (unpaired) electrons. The van der Waals surface area contributed by atoms with Crippen molar-refractivity contribution in [1.82, 2.24) is 9.88 Å². The zero-order chi connectivity index (χ0) is 16.8. The molecule has 0 saturated carbocycles. The van der Waals surface area contributed by atoms with Crippen LogP contribution >= 0.6 is 11.6 Å². The van der Waals surface area contributed by atoms with E-state index in [1.165, 1.54) is 17.3 Å². The number of aromatic nitrogens is 1. The Hall–Kier alpha value is -1.34. The monoisotopic (exact) mass is 347 g/mol. The molecule has 126 valence electrons. The van der Waals surface area contributed by atoms with E-state index in [1.54, 1.807) is 6.07 Å². The third kappa shape index (κ3) is 3.04. The Labute approximate surface area is 136 Å². The molecule has 3 rings (SSSR count). The maximum absolute atomic E-state index is 12.8. The molecule has 0 spiro atoms. The second-order valence-electron chi connectivity index (χ2n) is 6.42. The van der Waals surface area contributed by atoms with E-state index in [-0.39, 0.29) is 24.9 Å². The first-order valence-electron chi connectivity index (χ1n) is 7.45. The number of pyridine rings is 1. The maximum atomic E-state index is 12.8. The third-order valence-corrected chi connectivity index (χ3v) is 5.24. The summed E-state index contributed by atoms with van der Waals surface area (Å²) in [7, 11) is 0. The Morgan fingerprint density at radius 3 is 2.43 bits per heavy atom. The standard InChI is InChI=1S/C15H17ClF3N3O/c16-10-3-9(6-21-7-10)14(13(20)23)4-11-1-2-12(5-14)22(11)8-15(17,18)19/h3,6-7,11-12H,1-2,4-5,8H2,(H2,20,23). The van der Waals surface area contributed by atoms with Crippen molar-refractivity contribution < 1.29 is 18.0 Å². The van der Waals surface area contributed by atoms with Gasteiger partial charge in [0.25, 0.3) is 0 Å². The molecule has 2 N–H and O–H groups in total. The average molecular weight is 348 g/mol. The first-order valence-corrected chi connectivity index (χ1v) is 7.82. The van der Waals surface area contributed by atoms with Gasteiger partial charge in [0.05, 0.1) is 17.0 Å². The molecule has 1 aromatic rings. The van der Waals surface area contributed by atoms with Crippen molar-refractivity contribution >= 4 is 17.5 Å². The predicted molar refractivity (Wildman–Crippen MR) is 78.9 cm³/mol. The summed E-state index contributed by atoms with van der Waals surface area (Å²) in [6.07, 6.45) is 0.579. The summed E-state index contributed by atoms with van der Waals surface area (Å²) in [6, 6.07) is 1.03. The average Bonchev–Trinajstić information content (AvgIpc) is 2.69. The molecule has 2 aliphatic heterocycles. The summed E-state index contributed by atoms with van der Waals surface area (Å²) in [5, 5.41) is 0.383. The molecule has 0 aromatic carbocycles.